The SMILES string of the molecule is COCCCN(CCOC)c1ccc(C(C)=O)o1. The van der Waals surface area contributed by atoms with Crippen LogP contribution in [0.3, 0.4) is 0 Å². The summed E-state index contributed by atoms with van der Waals surface area (Å²) < 4.78 is 15.6. The van der Waals surface area contributed by atoms with Crippen LogP contribution in [-0.2, 0) is 9.47 Å². The number of furan rings is 1. The van der Waals surface area contributed by atoms with Crippen molar-refractivity contribution in [3.63, 3.8) is 0 Å². The lowest BCUT2D eigenvalue weighted by Gasteiger charge is -2.21. The lowest BCUT2D eigenvalue weighted by Crippen LogP contribution is -2.28. The molecule has 0 aliphatic carbocycles. The van der Waals surface area contributed by atoms with E-state index >= 15 is 0 Å². The minimum atomic E-state index is -0.0650. The average Bonchev–Trinajstić information content (AvgIpc) is 2.83. The molecule has 0 saturated carbocycles. The molecule has 0 spiro atoms. The van der Waals surface area contributed by atoms with Crippen LogP contribution in [0.1, 0.15) is 23.9 Å². The maximum absolute atomic E-state index is 11.2. The van der Waals surface area contributed by atoms with E-state index in [0.717, 1.165) is 19.5 Å². The van der Waals surface area contributed by atoms with Gasteiger partial charge in [-0.05, 0) is 12.5 Å². The Morgan fingerprint density at radius 2 is 1.94 bits per heavy atom. The van der Waals surface area contributed by atoms with E-state index in [1.807, 2.05) is 6.07 Å². The molecule has 0 N–H and O–H groups in total. The van der Waals surface area contributed by atoms with Gasteiger partial charge in [0.25, 0.3) is 0 Å². The fraction of sp³-hybridized carbons (Fsp3) is 0.615. The first kappa shape index (κ1) is 14.7. The fourth-order valence-corrected chi connectivity index (χ4v) is 1.62. The molecule has 0 fully saturated rings. The Hall–Kier alpha value is -1.33. The van der Waals surface area contributed by atoms with Crippen LogP contribution >= 0.6 is 0 Å². The third-order valence-electron chi connectivity index (χ3n) is 2.59. The van der Waals surface area contributed by atoms with Crippen molar-refractivity contribution in [3.05, 3.63) is 17.9 Å². The zero-order valence-electron chi connectivity index (χ0n) is 11.3. The highest BCUT2D eigenvalue weighted by Gasteiger charge is 2.12. The van der Waals surface area contributed by atoms with Gasteiger partial charge in [-0.1, -0.05) is 0 Å². The van der Waals surface area contributed by atoms with Crippen molar-refractivity contribution in [2.75, 3.05) is 45.4 Å². The molecule has 0 unspecified atom stereocenters. The zero-order valence-corrected chi connectivity index (χ0v) is 11.3. The number of anilines is 1. The highest BCUT2D eigenvalue weighted by Crippen LogP contribution is 2.19. The Kier molecular flexibility index (Phi) is 6.46. The molecule has 0 atom stereocenters. The number of ketones is 1. The van der Waals surface area contributed by atoms with Crippen LogP contribution in [0.4, 0.5) is 5.88 Å². The van der Waals surface area contributed by atoms with Crippen molar-refractivity contribution in [2.24, 2.45) is 0 Å². The molecule has 0 saturated heterocycles. The smallest absolute Gasteiger partial charge is 0.196 e. The number of methoxy groups -OCH3 is 2. The summed E-state index contributed by atoms with van der Waals surface area (Å²) in [5, 5.41) is 0. The summed E-state index contributed by atoms with van der Waals surface area (Å²) in [7, 11) is 3.34. The lowest BCUT2D eigenvalue weighted by atomic mass is 10.3. The van der Waals surface area contributed by atoms with Crippen molar-refractivity contribution in [1.82, 2.24) is 0 Å². The molecule has 102 valence electrons. The molecule has 1 rings (SSSR count). The summed E-state index contributed by atoms with van der Waals surface area (Å²) in [6.07, 6.45) is 0.899. The van der Waals surface area contributed by atoms with Gasteiger partial charge in [0.1, 0.15) is 0 Å². The maximum Gasteiger partial charge on any atom is 0.196 e. The predicted molar refractivity (Wildman–Crippen MR) is 69.3 cm³/mol. The highest BCUT2D eigenvalue weighted by atomic mass is 16.5. The van der Waals surface area contributed by atoms with E-state index < -0.39 is 0 Å². The number of hydrogen-bond donors (Lipinski definition) is 0. The highest BCUT2D eigenvalue weighted by molar-refractivity contribution is 5.91. The van der Waals surface area contributed by atoms with Crippen LogP contribution in [0.2, 0.25) is 0 Å². The molecule has 0 radical (unpaired) electrons. The molecule has 1 aromatic rings. The summed E-state index contributed by atoms with van der Waals surface area (Å²) in [6, 6.07) is 3.52. The molecular weight excluding hydrogens is 234 g/mol. The first-order valence-electron chi connectivity index (χ1n) is 6.02. The van der Waals surface area contributed by atoms with Crippen LogP contribution in [0, 0.1) is 0 Å². The van der Waals surface area contributed by atoms with Crippen molar-refractivity contribution in [1.29, 1.82) is 0 Å². The molecule has 5 nitrogen and oxygen atoms in total. The number of hydrogen-bond acceptors (Lipinski definition) is 5. The predicted octanol–water partition coefficient (Wildman–Crippen LogP) is 1.97. The van der Waals surface area contributed by atoms with Gasteiger partial charge in [-0.2, -0.15) is 0 Å². The minimum Gasteiger partial charge on any atom is -0.437 e. The van der Waals surface area contributed by atoms with E-state index in [1.54, 1.807) is 20.3 Å². The van der Waals surface area contributed by atoms with E-state index in [0.29, 0.717) is 24.9 Å². The van der Waals surface area contributed by atoms with Crippen molar-refractivity contribution >= 4 is 11.7 Å². The summed E-state index contributed by atoms with van der Waals surface area (Å²) in [6.45, 7) is 4.34. The normalized spacial score (nSPS) is 10.6. The first-order chi connectivity index (χ1) is 8.69. The Morgan fingerprint density at radius 1 is 1.22 bits per heavy atom. The summed E-state index contributed by atoms with van der Waals surface area (Å²) in [5.74, 6) is 1.03. The molecule has 18 heavy (non-hydrogen) atoms. The molecule has 1 heterocycles. The number of ether oxygens (including phenoxy) is 2. The largest absolute Gasteiger partial charge is 0.437 e. The number of carbonyl (C=O) groups is 1. The monoisotopic (exact) mass is 255 g/mol. The van der Waals surface area contributed by atoms with E-state index in [1.165, 1.54) is 6.92 Å². The molecule has 0 aromatic carbocycles. The van der Waals surface area contributed by atoms with Gasteiger partial charge in [-0.3, -0.25) is 4.79 Å². The van der Waals surface area contributed by atoms with Crippen LogP contribution < -0.4 is 4.90 Å². The first-order valence-corrected chi connectivity index (χ1v) is 6.02. The van der Waals surface area contributed by atoms with E-state index in [9.17, 15) is 4.79 Å². The third-order valence-corrected chi connectivity index (χ3v) is 2.59. The van der Waals surface area contributed by atoms with Crippen molar-refractivity contribution in [2.45, 2.75) is 13.3 Å². The summed E-state index contributed by atoms with van der Waals surface area (Å²) in [5.41, 5.74) is 0. The Labute approximate surface area is 108 Å². The van der Waals surface area contributed by atoms with Gasteiger partial charge in [0.15, 0.2) is 17.4 Å². The number of carbonyl (C=O) groups excluding carboxylic acids is 1. The van der Waals surface area contributed by atoms with Gasteiger partial charge in [0.05, 0.1) is 6.61 Å². The minimum absolute atomic E-state index is 0.0650. The van der Waals surface area contributed by atoms with E-state index in [4.69, 9.17) is 13.9 Å². The summed E-state index contributed by atoms with van der Waals surface area (Å²) in [4.78, 5) is 13.2. The maximum atomic E-state index is 11.2. The van der Waals surface area contributed by atoms with Gasteiger partial charge < -0.3 is 18.8 Å². The second kappa shape index (κ2) is 7.89. The number of nitrogens with zero attached hydrogens (tertiary/aromatic N) is 1. The second-order valence-electron chi connectivity index (χ2n) is 4.02. The van der Waals surface area contributed by atoms with Crippen LogP contribution in [-0.4, -0.2) is 46.3 Å². The molecule has 5 heteroatoms. The molecular formula is C13H21NO4. The van der Waals surface area contributed by atoms with Crippen LogP contribution in [0.5, 0.6) is 0 Å². The average molecular weight is 255 g/mol. The van der Waals surface area contributed by atoms with Gasteiger partial charge in [-0.15, -0.1) is 0 Å². The Morgan fingerprint density at radius 3 is 2.50 bits per heavy atom. The van der Waals surface area contributed by atoms with E-state index in [2.05, 4.69) is 4.90 Å². The van der Waals surface area contributed by atoms with Crippen molar-refractivity contribution < 1.29 is 18.7 Å². The fourth-order valence-electron chi connectivity index (χ4n) is 1.62. The molecule has 0 aliphatic rings. The van der Waals surface area contributed by atoms with Crippen LogP contribution in [0.15, 0.2) is 16.5 Å². The quantitative estimate of drug-likeness (QED) is 0.499. The van der Waals surface area contributed by atoms with Gasteiger partial charge in [-0.25, -0.2) is 0 Å². The topological polar surface area (TPSA) is 51.9 Å². The lowest BCUT2D eigenvalue weighted by molar-refractivity contribution is 0.0987. The number of Topliss-reactive ketones (excluding diaryl/α,β-unsaturated/α-hetero) is 1. The Balaban J connectivity index is 2.63. The standard InChI is InChI=1S/C13H21NO4/c1-11(15)12-5-6-13(18-12)14(8-10-17-3)7-4-9-16-2/h5-6H,4,7-10H2,1-3H3. The molecule has 0 amide bonds. The van der Waals surface area contributed by atoms with Crippen molar-refractivity contribution in [3.8, 4) is 0 Å². The molecule has 0 aliphatic heterocycles. The Bertz CT molecular complexity index is 362. The van der Waals surface area contributed by atoms with E-state index in [-0.39, 0.29) is 5.78 Å². The van der Waals surface area contributed by atoms with Gasteiger partial charge in [0, 0.05) is 46.9 Å². The molecule has 1 aromatic heterocycles. The second-order valence-corrected chi connectivity index (χ2v) is 4.02. The third kappa shape index (κ3) is 4.50. The van der Waals surface area contributed by atoms with Crippen LogP contribution in [0.25, 0.3) is 0 Å². The molecule has 0 bridgehead atoms. The van der Waals surface area contributed by atoms with Gasteiger partial charge >= 0.3 is 0 Å². The van der Waals surface area contributed by atoms with Gasteiger partial charge in [0.2, 0.25) is 0 Å². The summed E-state index contributed by atoms with van der Waals surface area (Å²) >= 11 is 0. The number of rotatable bonds is 9. The zero-order chi connectivity index (χ0) is 13.4.